The monoisotopic (exact) mass is 275 g/mol. The first kappa shape index (κ1) is 12.4. The van der Waals surface area contributed by atoms with Crippen LogP contribution in [0.4, 0.5) is 5.82 Å². The highest BCUT2D eigenvalue weighted by molar-refractivity contribution is 5.96. The number of hydrogen-bond acceptors (Lipinski definition) is 5. The lowest BCUT2D eigenvalue weighted by atomic mass is 10.1. The first-order valence-corrected chi connectivity index (χ1v) is 6.19. The van der Waals surface area contributed by atoms with Gasteiger partial charge >= 0.3 is 0 Å². The van der Waals surface area contributed by atoms with Crippen molar-refractivity contribution in [2.24, 2.45) is 5.92 Å². The lowest BCUT2D eigenvalue weighted by molar-refractivity contribution is -0.128. The third-order valence-corrected chi connectivity index (χ3v) is 3.18. The number of rotatable bonds is 4. The summed E-state index contributed by atoms with van der Waals surface area (Å²) in [5, 5.41) is 12.4. The topological polar surface area (TPSA) is 104 Å². The van der Waals surface area contributed by atoms with Gasteiger partial charge in [0.1, 0.15) is 5.76 Å². The molecule has 1 aliphatic rings. The summed E-state index contributed by atoms with van der Waals surface area (Å²) in [5.41, 5.74) is 0. The SMILES string of the molecule is O=C(Nc1cn[nH]n1)C1CC(=O)N(Cc2ccco2)C1. The summed E-state index contributed by atoms with van der Waals surface area (Å²) in [6.07, 6.45) is 3.17. The standard InChI is InChI=1S/C12H13N5O3/c18-11-4-8(12(19)14-10-5-13-16-15-10)6-17(11)7-9-2-1-3-20-9/h1-3,5,8H,4,6-7H2,(H2,13,14,15,16,19). The molecule has 1 fully saturated rings. The molecule has 2 aromatic rings. The lowest BCUT2D eigenvalue weighted by Gasteiger charge is -2.14. The minimum Gasteiger partial charge on any atom is -0.467 e. The van der Waals surface area contributed by atoms with E-state index in [1.54, 1.807) is 23.3 Å². The molecule has 1 atom stereocenters. The van der Waals surface area contributed by atoms with E-state index in [-0.39, 0.29) is 24.2 Å². The van der Waals surface area contributed by atoms with Gasteiger partial charge in [0.2, 0.25) is 11.8 Å². The fourth-order valence-electron chi connectivity index (χ4n) is 2.18. The molecular formula is C12H13N5O3. The fraction of sp³-hybridized carbons (Fsp3) is 0.333. The van der Waals surface area contributed by atoms with Crippen LogP contribution in [0.5, 0.6) is 0 Å². The summed E-state index contributed by atoms with van der Waals surface area (Å²) in [6.45, 7) is 0.767. The van der Waals surface area contributed by atoms with Crippen LogP contribution in [0.1, 0.15) is 12.2 Å². The molecule has 1 unspecified atom stereocenters. The number of carbonyl (C=O) groups excluding carboxylic acids is 2. The van der Waals surface area contributed by atoms with E-state index in [9.17, 15) is 9.59 Å². The Morgan fingerprint density at radius 1 is 1.60 bits per heavy atom. The van der Waals surface area contributed by atoms with Crippen LogP contribution in [-0.2, 0) is 16.1 Å². The van der Waals surface area contributed by atoms with Crippen LogP contribution in [-0.4, -0.2) is 38.7 Å². The van der Waals surface area contributed by atoms with Crippen molar-refractivity contribution in [3.05, 3.63) is 30.4 Å². The van der Waals surface area contributed by atoms with Gasteiger partial charge in [-0.1, -0.05) is 0 Å². The molecular weight excluding hydrogens is 262 g/mol. The zero-order chi connectivity index (χ0) is 13.9. The molecule has 0 bridgehead atoms. The second kappa shape index (κ2) is 5.16. The van der Waals surface area contributed by atoms with Gasteiger partial charge in [0.25, 0.3) is 0 Å². The second-order valence-electron chi connectivity index (χ2n) is 4.60. The Kier molecular flexibility index (Phi) is 3.20. The van der Waals surface area contributed by atoms with Crippen molar-refractivity contribution in [1.82, 2.24) is 20.3 Å². The maximum absolute atomic E-state index is 12.0. The number of nitrogens with one attached hydrogen (secondary N) is 2. The maximum Gasteiger partial charge on any atom is 0.231 e. The van der Waals surface area contributed by atoms with Gasteiger partial charge in [-0.25, -0.2) is 0 Å². The Labute approximate surface area is 114 Å². The minimum absolute atomic E-state index is 0.0540. The summed E-state index contributed by atoms with van der Waals surface area (Å²) in [6, 6.07) is 3.57. The Morgan fingerprint density at radius 3 is 3.20 bits per heavy atom. The first-order valence-electron chi connectivity index (χ1n) is 6.19. The van der Waals surface area contributed by atoms with E-state index in [1.807, 2.05) is 0 Å². The highest BCUT2D eigenvalue weighted by Gasteiger charge is 2.34. The molecule has 0 aliphatic carbocycles. The van der Waals surface area contributed by atoms with Crippen molar-refractivity contribution in [1.29, 1.82) is 0 Å². The zero-order valence-electron chi connectivity index (χ0n) is 10.6. The highest BCUT2D eigenvalue weighted by atomic mass is 16.3. The van der Waals surface area contributed by atoms with Crippen LogP contribution < -0.4 is 5.32 Å². The van der Waals surface area contributed by atoms with Gasteiger partial charge < -0.3 is 14.6 Å². The molecule has 0 aromatic carbocycles. The van der Waals surface area contributed by atoms with Gasteiger partial charge in [0.05, 0.1) is 24.9 Å². The third kappa shape index (κ3) is 2.53. The van der Waals surface area contributed by atoms with Crippen molar-refractivity contribution in [2.75, 3.05) is 11.9 Å². The number of likely N-dealkylation sites (tertiary alicyclic amines) is 1. The molecule has 8 heteroatoms. The number of aromatic amines is 1. The normalized spacial score (nSPS) is 18.5. The van der Waals surface area contributed by atoms with E-state index in [1.165, 1.54) is 6.20 Å². The predicted octanol–water partition coefficient (Wildman–Crippen LogP) is 0.385. The quantitative estimate of drug-likeness (QED) is 0.839. The van der Waals surface area contributed by atoms with E-state index in [4.69, 9.17) is 4.42 Å². The summed E-state index contributed by atoms with van der Waals surface area (Å²) in [4.78, 5) is 25.5. The molecule has 2 N–H and O–H groups in total. The van der Waals surface area contributed by atoms with Gasteiger partial charge in [-0.15, -0.1) is 5.10 Å². The number of amides is 2. The van der Waals surface area contributed by atoms with E-state index in [0.717, 1.165) is 0 Å². The predicted molar refractivity (Wildman–Crippen MR) is 67.2 cm³/mol. The van der Waals surface area contributed by atoms with Crippen LogP contribution in [0.15, 0.2) is 29.0 Å². The van der Waals surface area contributed by atoms with Crippen LogP contribution >= 0.6 is 0 Å². The number of H-pyrrole nitrogens is 1. The van der Waals surface area contributed by atoms with Crippen molar-refractivity contribution < 1.29 is 14.0 Å². The smallest absolute Gasteiger partial charge is 0.231 e. The molecule has 2 amide bonds. The molecule has 0 saturated carbocycles. The molecule has 20 heavy (non-hydrogen) atoms. The van der Waals surface area contributed by atoms with Gasteiger partial charge in [-0.3, -0.25) is 9.59 Å². The number of hydrogen-bond donors (Lipinski definition) is 2. The molecule has 3 rings (SSSR count). The van der Waals surface area contributed by atoms with Gasteiger partial charge in [-0.05, 0) is 12.1 Å². The molecule has 1 aliphatic heterocycles. The number of furan rings is 1. The van der Waals surface area contributed by atoms with Crippen LogP contribution in [0.25, 0.3) is 0 Å². The van der Waals surface area contributed by atoms with Gasteiger partial charge in [0.15, 0.2) is 5.82 Å². The summed E-state index contributed by atoms with van der Waals surface area (Å²) in [7, 11) is 0. The second-order valence-corrected chi connectivity index (χ2v) is 4.60. The van der Waals surface area contributed by atoms with Crippen LogP contribution in [0.2, 0.25) is 0 Å². The molecule has 0 spiro atoms. The summed E-state index contributed by atoms with van der Waals surface area (Å²) >= 11 is 0. The van der Waals surface area contributed by atoms with Gasteiger partial charge in [-0.2, -0.15) is 10.3 Å². The number of carbonyl (C=O) groups is 2. The number of nitrogens with zero attached hydrogens (tertiary/aromatic N) is 3. The van der Waals surface area contributed by atoms with E-state index in [2.05, 4.69) is 20.7 Å². The molecule has 8 nitrogen and oxygen atoms in total. The summed E-state index contributed by atoms with van der Waals surface area (Å²) in [5.74, 6) is 0.396. The average Bonchev–Trinajstić information content (AvgIpc) is 3.13. The van der Waals surface area contributed by atoms with Crippen LogP contribution in [0.3, 0.4) is 0 Å². The Morgan fingerprint density at radius 2 is 2.50 bits per heavy atom. The minimum atomic E-state index is -0.380. The molecule has 3 heterocycles. The Balaban J connectivity index is 1.60. The maximum atomic E-state index is 12.0. The van der Waals surface area contributed by atoms with E-state index in [0.29, 0.717) is 24.7 Å². The summed E-state index contributed by atoms with van der Waals surface area (Å²) < 4.78 is 5.21. The largest absolute Gasteiger partial charge is 0.467 e. The number of anilines is 1. The Bertz CT molecular complexity index is 593. The van der Waals surface area contributed by atoms with Crippen molar-refractivity contribution in [3.8, 4) is 0 Å². The lowest BCUT2D eigenvalue weighted by Crippen LogP contribution is -2.28. The third-order valence-electron chi connectivity index (χ3n) is 3.18. The fourth-order valence-corrected chi connectivity index (χ4v) is 2.18. The van der Waals surface area contributed by atoms with E-state index < -0.39 is 0 Å². The average molecular weight is 275 g/mol. The Hall–Kier alpha value is -2.64. The molecule has 104 valence electrons. The molecule has 1 saturated heterocycles. The van der Waals surface area contributed by atoms with E-state index >= 15 is 0 Å². The molecule has 2 aromatic heterocycles. The van der Waals surface area contributed by atoms with Crippen molar-refractivity contribution in [2.45, 2.75) is 13.0 Å². The number of aromatic nitrogens is 3. The van der Waals surface area contributed by atoms with Gasteiger partial charge in [0, 0.05) is 13.0 Å². The van der Waals surface area contributed by atoms with Crippen molar-refractivity contribution >= 4 is 17.6 Å². The first-order chi connectivity index (χ1) is 9.72. The van der Waals surface area contributed by atoms with Crippen LogP contribution in [0, 0.1) is 5.92 Å². The highest BCUT2D eigenvalue weighted by Crippen LogP contribution is 2.21. The molecule has 0 radical (unpaired) electrons. The zero-order valence-corrected chi connectivity index (χ0v) is 10.6. The van der Waals surface area contributed by atoms with Crippen molar-refractivity contribution in [3.63, 3.8) is 0 Å².